The molecule has 7 heteroatoms. The summed E-state index contributed by atoms with van der Waals surface area (Å²) in [5, 5.41) is 4.95. The highest BCUT2D eigenvalue weighted by Gasteiger charge is 2.24. The van der Waals surface area contributed by atoms with Crippen LogP contribution in [0.3, 0.4) is 0 Å². The largest absolute Gasteiger partial charge is 0.342 e. The summed E-state index contributed by atoms with van der Waals surface area (Å²) in [5.41, 5.74) is 1.67. The van der Waals surface area contributed by atoms with E-state index < -0.39 is 0 Å². The normalized spacial score (nSPS) is 16.0. The molecule has 30 heavy (non-hydrogen) atoms. The number of aromatic nitrogens is 4. The monoisotopic (exact) mass is 408 g/mol. The van der Waals surface area contributed by atoms with Crippen molar-refractivity contribution in [3.05, 3.63) is 52.4 Å². The van der Waals surface area contributed by atoms with Crippen LogP contribution in [0.1, 0.15) is 39.2 Å². The Morgan fingerprint density at radius 3 is 2.53 bits per heavy atom. The minimum Gasteiger partial charge on any atom is -0.342 e. The Balaban J connectivity index is 1.41. The van der Waals surface area contributed by atoms with E-state index in [2.05, 4.69) is 78.0 Å². The third-order valence-corrected chi connectivity index (χ3v) is 5.84. The molecule has 0 spiro atoms. The summed E-state index contributed by atoms with van der Waals surface area (Å²) < 4.78 is 1.84. The van der Waals surface area contributed by atoms with Gasteiger partial charge in [-0.15, -0.1) is 0 Å². The second-order valence-electron chi connectivity index (χ2n) is 9.47. The third kappa shape index (κ3) is 4.41. The van der Waals surface area contributed by atoms with Crippen LogP contribution in [0.5, 0.6) is 0 Å². The van der Waals surface area contributed by atoms with E-state index in [4.69, 9.17) is 4.98 Å². The van der Waals surface area contributed by atoms with E-state index >= 15 is 0 Å². The van der Waals surface area contributed by atoms with Crippen LogP contribution in [0.2, 0.25) is 0 Å². The number of piperidine rings is 1. The molecule has 0 radical (unpaired) electrons. The first kappa shape index (κ1) is 20.6. The van der Waals surface area contributed by atoms with E-state index in [0.29, 0.717) is 22.9 Å². The molecule has 0 bridgehead atoms. The molecular formula is C23H32N6O. The number of nitrogens with one attached hydrogen (secondary N) is 1. The number of H-pyrrole nitrogens is 1. The summed E-state index contributed by atoms with van der Waals surface area (Å²) in [4.78, 5) is 24.9. The quantitative estimate of drug-likeness (QED) is 0.702. The molecule has 4 rings (SSSR count). The summed E-state index contributed by atoms with van der Waals surface area (Å²) >= 11 is 0. The topological polar surface area (TPSA) is 70.1 Å². The summed E-state index contributed by atoms with van der Waals surface area (Å²) in [6.45, 7) is 10.1. The SMILES string of the molecule is CN(Cc1ccccc1)CC1CCN(c2nc3c(cnn3C(C)(C)C)c(=O)[nH]2)CC1. The van der Waals surface area contributed by atoms with E-state index in [1.165, 1.54) is 5.56 Å². The van der Waals surface area contributed by atoms with E-state index in [1.54, 1.807) is 6.20 Å². The van der Waals surface area contributed by atoms with Crippen molar-refractivity contribution in [2.45, 2.75) is 45.7 Å². The van der Waals surface area contributed by atoms with Crippen molar-refractivity contribution in [3.63, 3.8) is 0 Å². The molecule has 1 aliphatic rings. The van der Waals surface area contributed by atoms with E-state index in [9.17, 15) is 4.79 Å². The second kappa shape index (κ2) is 8.22. The van der Waals surface area contributed by atoms with E-state index in [-0.39, 0.29) is 11.1 Å². The summed E-state index contributed by atoms with van der Waals surface area (Å²) in [6, 6.07) is 10.6. The standard InChI is InChI=1S/C23H32N6O/c1-23(2,3)29-20-19(14-24-29)21(30)26-22(25-20)28-12-10-18(11-13-28)16-27(4)15-17-8-6-5-7-9-17/h5-9,14,18H,10-13,15-16H2,1-4H3,(H,25,26,30). The number of rotatable bonds is 5. The molecule has 0 atom stereocenters. The van der Waals surface area contributed by atoms with Gasteiger partial charge in [0, 0.05) is 26.2 Å². The minimum atomic E-state index is -0.226. The first-order valence-electron chi connectivity index (χ1n) is 10.8. The fourth-order valence-corrected chi connectivity index (χ4v) is 4.28. The van der Waals surface area contributed by atoms with Crippen LogP contribution < -0.4 is 10.5 Å². The maximum Gasteiger partial charge on any atom is 0.263 e. The molecule has 1 saturated heterocycles. The van der Waals surface area contributed by atoms with Gasteiger partial charge < -0.3 is 9.80 Å². The molecule has 1 aliphatic heterocycles. The van der Waals surface area contributed by atoms with Crippen LogP contribution in [-0.4, -0.2) is 51.3 Å². The van der Waals surface area contributed by atoms with Gasteiger partial charge >= 0.3 is 0 Å². The maximum atomic E-state index is 12.6. The van der Waals surface area contributed by atoms with Gasteiger partial charge in [-0.05, 0) is 52.1 Å². The highest BCUT2D eigenvalue weighted by molar-refractivity contribution is 5.74. The molecule has 1 fully saturated rings. The zero-order valence-electron chi connectivity index (χ0n) is 18.4. The predicted octanol–water partition coefficient (Wildman–Crippen LogP) is 3.22. The fraction of sp³-hybridized carbons (Fsp3) is 0.522. The van der Waals surface area contributed by atoms with Crippen molar-refractivity contribution in [1.29, 1.82) is 0 Å². The molecule has 0 aliphatic carbocycles. The number of nitrogens with zero attached hydrogens (tertiary/aromatic N) is 5. The molecule has 2 aromatic heterocycles. The summed E-state index contributed by atoms with van der Waals surface area (Å²) in [5.74, 6) is 1.32. The van der Waals surface area contributed by atoms with Gasteiger partial charge in [0.25, 0.3) is 5.56 Å². The first-order chi connectivity index (χ1) is 14.3. The van der Waals surface area contributed by atoms with E-state index in [1.807, 2.05) is 4.68 Å². The van der Waals surface area contributed by atoms with Crippen LogP contribution >= 0.6 is 0 Å². The van der Waals surface area contributed by atoms with Gasteiger partial charge in [0.1, 0.15) is 5.39 Å². The molecule has 0 saturated carbocycles. The van der Waals surface area contributed by atoms with Crippen LogP contribution in [-0.2, 0) is 12.1 Å². The number of aromatic amines is 1. The van der Waals surface area contributed by atoms with Crippen LogP contribution in [0.15, 0.2) is 41.3 Å². The fourth-order valence-electron chi connectivity index (χ4n) is 4.28. The van der Waals surface area contributed by atoms with Crippen molar-refractivity contribution in [2.24, 2.45) is 5.92 Å². The van der Waals surface area contributed by atoms with Gasteiger partial charge in [-0.3, -0.25) is 9.78 Å². The van der Waals surface area contributed by atoms with Gasteiger partial charge in [-0.1, -0.05) is 30.3 Å². The Morgan fingerprint density at radius 1 is 1.17 bits per heavy atom. The van der Waals surface area contributed by atoms with Gasteiger partial charge in [-0.2, -0.15) is 10.1 Å². The van der Waals surface area contributed by atoms with Crippen molar-refractivity contribution in [2.75, 3.05) is 31.6 Å². The number of anilines is 1. The van der Waals surface area contributed by atoms with Crippen molar-refractivity contribution >= 4 is 17.0 Å². The lowest BCUT2D eigenvalue weighted by atomic mass is 9.96. The van der Waals surface area contributed by atoms with Gasteiger partial charge in [0.15, 0.2) is 5.65 Å². The molecule has 7 nitrogen and oxygen atoms in total. The maximum absolute atomic E-state index is 12.6. The number of fused-ring (bicyclic) bond motifs is 1. The highest BCUT2D eigenvalue weighted by atomic mass is 16.1. The Hall–Kier alpha value is -2.67. The third-order valence-electron chi connectivity index (χ3n) is 5.84. The number of hydrogen-bond acceptors (Lipinski definition) is 5. The highest BCUT2D eigenvalue weighted by Crippen LogP contribution is 2.24. The smallest absolute Gasteiger partial charge is 0.263 e. The summed E-state index contributed by atoms with van der Waals surface area (Å²) in [6.07, 6.45) is 3.81. The molecule has 0 unspecified atom stereocenters. The van der Waals surface area contributed by atoms with Crippen LogP contribution in [0, 0.1) is 5.92 Å². The first-order valence-corrected chi connectivity index (χ1v) is 10.8. The molecule has 160 valence electrons. The zero-order valence-corrected chi connectivity index (χ0v) is 18.4. The average molecular weight is 409 g/mol. The number of benzene rings is 1. The minimum absolute atomic E-state index is 0.116. The lowest BCUT2D eigenvalue weighted by Gasteiger charge is -2.34. The Labute approximate surface area is 177 Å². The van der Waals surface area contributed by atoms with Gasteiger partial charge in [0.2, 0.25) is 5.95 Å². The Morgan fingerprint density at radius 2 is 1.87 bits per heavy atom. The molecule has 3 aromatic rings. The molecule has 0 amide bonds. The van der Waals surface area contributed by atoms with Crippen LogP contribution in [0.4, 0.5) is 5.95 Å². The Bertz CT molecular complexity index is 1040. The lowest BCUT2D eigenvalue weighted by molar-refractivity contribution is 0.242. The summed E-state index contributed by atoms with van der Waals surface area (Å²) in [7, 11) is 2.19. The second-order valence-corrected chi connectivity index (χ2v) is 9.47. The molecule has 3 heterocycles. The zero-order chi connectivity index (χ0) is 21.3. The molecule has 1 N–H and O–H groups in total. The van der Waals surface area contributed by atoms with Crippen LogP contribution in [0.25, 0.3) is 11.0 Å². The van der Waals surface area contributed by atoms with E-state index in [0.717, 1.165) is 39.0 Å². The lowest BCUT2D eigenvalue weighted by Crippen LogP contribution is -2.39. The molecule has 1 aromatic carbocycles. The molecular weight excluding hydrogens is 376 g/mol. The van der Waals surface area contributed by atoms with Crippen molar-refractivity contribution in [1.82, 2.24) is 24.6 Å². The Kier molecular flexibility index (Phi) is 5.64. The van der Waals surface area contributed by atoms with Crippen molar-refractivity contribution in [3.8, 4) is 0 Å². The van der Waals surface area contributed by atoms with Gasteiger partial charge in [-0.25, -0.2) is 4.68 Å². The number of hydrogen-bond donors (Lipinski definition) is 1. The van der Waals surface area contributed by atoms with Gasteiger partial charge in [0.05, 0.1) is 11.7 Å². The average Bonchev–Trinajstić information content (AvgIpc) is 3.14. The predicted molar refractivity (Wildman–Crippen MR) is 121 cm³/mol. The van der Waals surface area contributed by atoms with Crippen molar-refractivity contribution < 1.29 is 0 Å².